The van der Waals surface area contributed by atoms with Crippen LogP contribution in [0, 0.1) is 11.8 Å². The lowest BCUT2D eigenvalue weighted by Crippen LogP contribution is -2.51. The second-order valence-corrected chi connectivity index (χ2v) is 5.54. The molecule has 5 heteroatoms. The SMILES string of the molecule is CN1CCN(C(=O)N2CC3COCC3C2)CC1. The number of piperazine rings is 1. The number of likely N-dealkylation sites (N-methyl/N-ethyl adjacent to an activating group) is 1. The standard InChI is InChI=1S/C12H21N3O2/c1-13-2-4-14(5-3-13)12(16)15-6-10-8-17-9-11(10)7-15/h10-11H,2-9H2,1H3. The van der Waals surface area contributed by atoms with Crippen molar-refractivity contribution in [3.63, 3.8) is 0 Å². The molecule has 3 aliphatic rings. The summed E-state index contributed by atoms with van der Waals surface area (Å²) in [5, 5.41) is 0. The molecule has 0 spiro atoms. The van der Waals surface area contributed by atoms with Crippen LogP contribution in [0.1, 0.15) is 0 Å². The highest BCUT2D eigenvalue weighted by Crippen LogP contribution is 2.29. The summed E-state index contributed by atoms with van der Waals surface area (Å²) >= 11 is 0. The smallest absolute Gasteiger partial charge is 0.320 e. The Morgan fingerprint density at radius 3 is 2.18 bits per heavy atom. The molecule has 2 amide bonds. The third-order valence-electron chi connectivity index (χ3n) is 4.28. The first kappa shape index (κ1) is 11.3. The number of fused-ring (bicyclic) bond motifs is 1. The Morgan fingerprint density at radius 1 is 1.00 bits per heavy atom. The molecule has 3 saturated heterocycles. The van der Waals surface area contributed by atoms with Crippen molar-refractivity contribution in [2.75, 3.05) is 59.5 Å². The summed E-state index contributed by atoms with van der Waals surface area (Å²) in [7, 11) is 2.11. The quantitative estimate of drug-likeness (QED) is 0.594. The van der Waals surface area contributed by atoms with E-state index in [2.05, 4.69) is 11.9 Å². The van der Waals surface area contributed by atoms with Gasteiger partial charge in [0.25, 0.3) is 0 Å². The van der Waals surface area contributed by atoms with Gasteiger partial charge in [-0.3, -0.25) is 0 Å². The van der Waals surface area contributed by atoms with Crippen molar-refractivity contribution < 1.29 is 9.53 Å². The van der Waals surface area contributed by atoms with Crippen LogP contribution in [0.2, 0.25) is 0 Å². The van der Waals surface area contributed by atoms with Crippen LogP contribution in [0.25, 0.3) is 0 Å². The normalized spacial score (nSPS) is 34.2. The summed E-state index contributed by atoms with van der Waals surface area (Å²) in [5.41, 5.74) is 0. The molecule has 0 aromatic rings. The van der Waals surface area contributed by atoms with E-state index in [0.717, 1.165) is 52.5 Å². The van der Waals surface area contributed by atoms with Gasteiger partial charge in [0.15, 0.2) is 0 Å². The topological polar surface area (TPSA) is 36.0 Å². The molecule has 3 rings (SSSR count). The van der Waals surface area contributed by atoms with Crippen molar-refractivity contribution in [3.05, 3.63) is 0 Å². The van der Waals surface area contributed by atoms with Crippen LogP contribution in [0.15, 0.2) is 0 Å². The van der Waals surface area contributed by atoms with Gasteiger partial charge in [0.1, 0.15) is 0 Å². The van der Waals surface area contributed by atoms with E-state index in [1.165, 1.54) is 0 Å². The average molecular weight is 239 g/mol. The van der Waals surface area contributed by atoms with Crippen molar-refractivity contribution in [2.45, 2.75) is 0 Å². The zero-order chi connectivity index (χ0) is 11.8. The zero-order valence-corrected chi connectivity index (χ0v) is 10.5. The Balaban J connectivity index is 1.56. The van der Waals surface area contributed by atoms with E-state index >= 15 is 0 Å². The maximum atomic E-state index is 12.3. The largest absolute Gasteiger partial charge is 0.381 e. The lowest BCUT2D eigenvalue weighted by atomic mass is 10.0. The van der Waals surface area contributed by atoms with Crippen LogP contribution in [0.4, 0.5) is 4.79 Å². The minimum Gasteiger partial charge on any atom is -0.381 e. The monoisotopic (exact) mass is 239 g/mol. The summed E-state index contributed by atoms with van der Waals surface area (Å²) < 4.78 is 5.44. The highest BCUT2D eigenvalue weighted by molar-refractivity contribution is 5.75. The summed E-state index contributed by atoms with van der Waals surface area (Å²) in [6, 6.07) is 0.243. The molecular formula is C12H21N3O2. The van der Waals surface area contributed by atoms with Crippen molar-refractivity contribution >= 4 is 6.03 Å². The van der Waals surface area contributed by atoms with Gasteiger partial charge in [0.05, 0.1) is 13.2 Å². The van der Waals surface area contributed by atoms with Crippen LogP contribution in [-0.4, -0.2) is 80.3 Å². The first-order valence-corrected chi connectivity index (χ1v) is 6.54. The Labute approximate surface area is 102 Å². The van der Waals surface area contributed by atoms with E-state index in [1.54, 1.807) is 0 Å². The summed E-state index contributed by atoms with van der Waals surface area (Å²) in [5.74, 6) is 1.18. The fraction of sp³-hybridized carbons (Fsp3) is 0.917. The number of nitrogens with zero attached hydrogens (tertiary/aromatic N) is 3. The summed E-state index contributed by atoms with van der Waals surface area (Å²) in [4.78, 5) is 18.6. The minimum absolute atomic E-state index is 0.243. The second-order valence-electron chi connectivity index (χ2n) is 5.54. The Bertz CT molecular complexity index is 290. The molecule has 5 nitrogen and oxygen atoms in total. The van der Waals surface area contributed by atoms with E-state index in [1.807, 2.05) is 9.80 Å². The molecule has 0 saturated carbocycles. The predicted molar refractivity (Wildman–Crippen MR) is 63.8 cm³/mol. The zero-order valence-electron chi connectivity index (χ0n) is 10.5. The van der Waals surface area contributed by atoms with Gasteiger partial charge >= 0.3 is 6.03 Å². The van der Waals surface area contributed by atoms with E-state index in [9.17, 15) is 4.79 Å². The maximum Gasteiger partial charge on any atom is 0.320 e. The molecule has 17 heavy (non-hydrogen) atoms. The first-order chi connectivity index (χ1) is 8.24. The third kappa shape index (κ3) is 2.13. The molecule has 3 heterocycles. The number of ether oxygens (including phenoxy) is 1. The molecule has 0 aliphatic carbocycles. The fourth-order valence-electron chi connectivity index (χ4n) is 3.04. The molecule has 2 atom stereocenters. The number of hydrogen-bond acceptors (Lipinski definition) is 3. The van der Waals surface area contributed by atoms with Crippen LogP contribution < -0.4 is 0 Å². The highest BCUT2D eigenvalue weighted by atomic mass is 16.5. The van der Waals surface area contributed by atoms with Crippen molar-refractivity contribution in [3.8, 4) is 0 Å². The van der Waals surface area contributed by atoms with Gasteiger partial charge in [-0.05, 0) is 7.05 Å². The van der Waals surface area contributed by atoms with Crippen molar-refractivity contribution in [1.29, 1.82) is 0 Å². The van der Waals surface area contributed by atoms with Gasteiger partial charge in [-0.1, -0.05) is 0 Å². The fourth-order valence-corrected chi connectivity index (χ4v) is 3.04. The van der Waals surface area contributed by atoms with E-state index < -0.39 is 0 Å². The van der Waals surface area contributed by atoms with Crippen molar-refractivity contribution in [1.82, 2.24) is 14.7 Å². The van der Waals surface area contributed by atoms with Crippen LogP contribution >= 0.6 is 0 Å². The Kier molecular flexibility index (Phi) is 2.96. The van der Waals surface area contributed by atoms with Crippen LogP contribution in [-0.2, 0) is 4.74 Å². The van der Waals surface area contributed by atoms with E-state index in [-0.39, 0.29) is 6.03 Å². The lowest BCUT2D eigenvalue weighted by Gasteiger charge is -2.35. The number of urea groups is 1. The van der Waals surface area contributed by atoms with Crippen LogP contribution in [0.3, 0.4) is 0 Å². The van der Waals surface area contributed by atoms with Crippen LogP contribution in [0.5, 0.6) is 0 Å². The molecule has 0 aromatic carbocycles. The van der Waals surface area contributed by atoms with E-state index in [4.69, 9.17) is 4.74 Å². The summed E-state index contributed by atoms with van der Waals surface area (Å²) in [6.07, 6.45) is 0. The molecular weight excluding hydrogens is 218 g/mol. The van der Waals surface area contributed by atoms with E-state index in [0.29, 0.717) is 11.8 Å². The minimum atomic E-state index is 0.243. The maximum absolute atomic E-state index is 12.3. The van der Waals surface area contributed by atoms with Crippen molar-refractivity contribution in [2.24, 2.45) is 11.8 Å². The molecule has 2 unspecified atom stereocenters. The van der Waals surface area contributed by atoms with Gasteiger partial charge in [0.2, 0.25) is 0 Å². The third-order valence-corrected chi connectivity index (χ3v) is 4.28. The number of rotatable bonds is 0. The number of likely N-dealkylation sites (tertiary alicyclic amines) is 1. The first-order valence-electron chi connectivity index (χ1n) is 6.54. The molecule has 0 N–H and O–H groups in total. The van der Waals surface area contributed by atoms with Gasteiger partial charge in [-0.2, -0.15) is 0 Å². The average Bonchev–Trinajstić information content (AvgIpc) is 2.89. The Morgan fingerprint density at radius 2 is 1.59 bits per heavy atom. The van der Waals surface area contributed by atoms with Gasteiger partial charge in [0, 0.05) is 51.1 Å². The van der Waals surface area contributed by atoms with Gasteiger partial charge in [-0.25, -0.2) is 4.79 Å². The Hall–Kier alpha value is -0.810. The number of carbonyl (C=O) groups is 1. The number of amides is 2. The molecule has 3 fully saturated rings. The molecule has 0 bridgehead atoms. The van der Waals surface area contributed by atoms with Gasteiger partial charge < -0.3 is 19.4 Å². The molecule has 3 aliphatic heterocycles. The molecule has 96 valence electrons. The predicted octanol–water partition coefficient (Wildman–Crippen LogP) is -0.0680. The highest BCUT2D eigenvalue weighted by Gasteiger charge is 2.40. The number of hydrogen-bond donors (Lipinski definition) is 0. The number of carbonyl (C=O) groups excluding carboxylic acids is 1. The van der Waals surface area contributed by atoms with Gasteiger partial charge in [-0.15, -0.1) is 0 Å². The lowest BCUT2D eigenvalue weighted by molar-refractivity contribution is 0.116. The second kappa shape index (κ2) is 4.46. The summed E-state index contributed by atoms with van der Waals surface area (Å²) in [6.45, 7) is 7.22. The molecule has 0 radical (unpaired) electrons. The molecule has 0 aromatic heterocycles.